The molecule has 0 heterocycles. The van der Waals surface area contributed by atoms with E-state index in [9.17, 15) is 14.9 Å². The lowest BCUT2D eigenvalue weighted by Gasteiger charge is -2.08. The van der Waals surface area contributed by atoms with E-state index in [1.165, 1.54) is 12.1 Å². The van der Waals surface area contributed by atoms with Gasteiger partial charge in [-0.05, 0) is 30.7 Å². The summed E-state index contributed by atoms with van der Waals surface area (Å²) in [5.74, 6) is 2.06. The second-order valence-corrected chi connectivity index (χ2v) is 4.44. The first-order valence-corrected chi connectivity index (χ1v) is 6.14. The molecule has 0 bridgehead atoms. The summed E-state index contributed by atoms with van der Waals surface area (Å²) in [4.78, 5) is 22.5. The highest BCUT2D eigenvalue weighted by Gasteiger charge is 2.14. The molecule has 0 aliphatic rings. The van der Waals surface area contributed by atoms with Crippen molar-refractivity contribution in [2.75, 3.05) is 5.32 Å². The Labute approximate surface area is 121 Å². The van der Waals surface area contributed by atoms with Gasteiger partial charge < -0.3 is 5.32 Å². The van der Waals surface area contributed by atoms with Gasteiger partial charge in [-0.2, -0.15) is 0 Å². The van der Waals surface area contributed by atoms with Crippen LogP contribution in [0.2, 0.25) is 0 Å². The largest absolute Gasteiger partial charge is 0.322 e. The molecule has 0 saturated carbocycles. The van der Waals surface area contributed by atoms with Crippen LogP contribution in [0.5, 0.6) is 0 Å². The number of nitrogens with one attached hydrogen (secondary N) is 1. The molecule has 5 nitrogen and oxygen atoms in total. The normalized spacial score (nSPS) is 9.71. The van der Waals surface area contributed by atoms with Gasteiger partial charge in [0, 0.05) is 28.9 Å². The van der Waals surface area contributed by atoms with Gasteiger partial charge >= 0.3 is 0 Å². The van der Waals surface area contributed by atoms with Crippen molar-refractivity contribution < 1.29 is 9.72 Å². The lowest BCUT2D eigenvalue weighted by molar-refractivity contribution is -0.384. The Morgan fingerprint density at radius 3 is 2.71 bits per heavy atom. The molecule has 1 N–H and O–H groups in total. The van der Waals surface area contributed by atoms with E-state index in [2.05, 4.69) is 11.2 Å². The van der Waals surface area contributed by atoms with Gasteiger partial charge in [0.25, 0.3) is 11.6 Å². The molecule has 0 saturated heterocycles. The van der Waals surface area contributed by atoms with E-state index in [0.717, 1.165) is 0 Å². The van der Waals surface area contributed by atoms with Crippen LogP contribution >= 0.6 is 0 Å². The zero-order valence-electron chi connectivity index (χ0n) is 11.3. The third-order valence-corrected chi connectivity index (χ3v) is 2.96. The van der Waals surface area contributed by atoms with Crippen LogP contribution in [0.25, 0.3) is 0 Å². The zero-order chi connectivity index (χ0) is 15.4. The second-order valence-electron chi connectivity index (χ2n) is 4.44. The molecule has 2 aromatic carbocycles. The lowest BCUT2D eigenvalue weighted by atomic mass is 10.1. The highest BCUT2D eigenvalue weighted by molar-refractivity contribution is 6.05. The molecule has 0 aromatic heterocycles. The molecule has 0 aliphatic carbocycles. The first kappa shape index (κ1) is 14.3. The summed E-state index contributed by atoms with van der Waals surface area (Å²) in [6.07, 6.45) is 5.30. The van der Waals surface area contributed by atoms with E-state index < -0.39 is 10.8 Å². The third-order valence-electron chi connectivity index (χ3n) is 2.96. The summed E-state index contributed by atoms with van der Waals surface area (Å²) in [5, 5.41) is 13.5. The average Bonchev–Trinajstić information content (AvgIpc) is 2.47. The Morgan fingerprint density at radius 1 is 1.29 bits per heavy atom. The van der Waals surface area contributed by atoms with E-state index in [4.69, 9.17) is 6.42 Å². The molecular weight excluding hydrogens is 268 g/mol. The minimum atomic E-state index is -0.533. The Hall–Kier alpha value is -3.13. The molecule has 1 amide bonds. The summed E-state index contributed by atoms with van der Waals surface area (Å²) >= 11 is 0. The van der Waals surface area contributed by atoms with Gasteiger partial charge in [0.05, 0.1) is 4.92 Å². The fourth-order valence-corrected chi connectivity index (χ4v) is 1.85. The van der Waals surface area contributed by atoms with Crippen molar-refractivity contribution >= 4 is 17.3 Å². The van der Waals surface area contributed by atoms with Crippen LogP contribution in [-0.4, -0.2) is 10.8 Å². The highest BCUT2D eigenvalue weighted by atomic mass is 16.6. The number of benzene rings is 2. The molecule has 21 heavy (non-hydrogen) atoms. The monoisotopic (exact) mass is 280 g/mol. The number of non-ortho nitro benzene ring substituents is 1. The van der Waals surface area contributed by atoms with Crippen LogP contribution in [0, 0.1) is 29.4 Å². The van der Waals surface area contributed by atoms with E-state index in [0.29, 0.717) is 16.8 Å². The maximum Gasteiger partial charge on any atom is 0.270 e. The van der Waals surface area contributed by atoms with Crippen LogP contribution in [0.1, 0.15) is 21.5 Å². The highest BCUT2D eigenvalue weighted by Crippen LogP contribution is 2.19. The SMILES string of the molecule is C#Cc1cccc(NC(=O)c2cc([N+](=O)[O-])ccc2C)c1. The quantitative estimate of drug-likeness (QED) is 0.533. The van der Waals surface area contributed by atoms with Crippen LogP contribution in [-0.2, 0) is 0 Å². The van der Waals surface area contributed by atoms with Crippen LogP contribution in [0.3, 0.4) is 0 Å². The van der Waals surface area contributed by atoms with Crippen LogP contribution in [0.15, 0.2) is 42.5 Å². The minimum Gasteiger partial charge on any atom is -0.322 e. The molecular formula is C16H12N2O3. The average molecular weight is 280 g/mol. The number of carbonyl (C=O) groups is 1. The smallest absolute Gasteiger partial charge is 0.270 e. The van der Waals surface area contributed by atoms with Crippen molar-refractivity contribution in [3.8, 4) is 12.3 Å². The standard InChI is InChI=1S/C16H12N2O3/c1-3-12-5-4-6-13(9-12)17-16(19)15-10-14(18(20)21)8-7-11(15)2/h1,4-10H,2H3,(H,17,19). The molecule has 0 fully saturated rings. The van der Waals surface area contributed by atoms with Gasteiger partial charge in [0.1, 0.15) is 0 Å². The predicted octanol–water partition coefficient (Wildman–Crippen LogP) is 3.14. The summed E-state index contributed by atoms with van der Waals surface area (Å²) in [5.41, 5.74) is 1.98. The van der Waals surface area contributed by atoms with Gasteiger partial charge in [0.15, 0.2) is 0 Å². The number of aryl methyl sites for hydroxylation is 1. The van der Waals surface area contributed by atoms with Crippen molar-refractivity contribution in [2.24, 2.45) is 0 Å². The summed E-state index contributed by atoms with van der Waals surface area (Å²) in [6.45, 7) is 1.72. The van der Waals surface area contributed by atoms with Gasteiger partial charge in [-0.1, -0.05) is 18.1 Å². The molecule has 2 aromatic rings. The van der Waals surface area contributed by atoms with Crippen LogP contribution < -0.4 is 5.32 Å². The maximum absolute atomic E-state index is 12.2. The molecule has 0 unspecified atom stereocenters. The molecule has 0 radical (unpaired) electrons. The number of terminal acetylenes is 1. The Kier molecular flexibility index (Phi) is 4.00. The van der Waals surface area contributed by atoms with E-state index in [1.54, 1.807) is 37.3 Å². The number of carbonyl (C=O) groups excluding carboxylic acids is 1. The summed E-state index contributed by atoms with van der Waals surface area (Å²) in [6, 6.07) is 11.0. The molecule has 0 spiro atoms. The lowest BCUT2D eigenvalue weighted by Crippen LogP contribution is -2.13. The maximum atomic E-state index is 12.2. The Balaban J connectivity index is 2.30. The van der Waals surface area contributed by atoms with Crippen molar-refractivity contribution in [1.29, 1.82) is 0 Å². The van der Waals surface area contributed by atoms with Gasteiger partial charge in [-0.25, -0.2) is 0 Å². The fourth-order valence-electron chi connectivity index (χ4n) is 1.85. The number of nitro groups is 1. The predicted molar refractivity (Wildman–Crippen MR) is 80.2 cm³/mol. The minimum absolute atomic E-state index is 0.122. The van der Waals surface area contributed by atoms with Crippen molar-refractivity contribution in [3.63, 3.8) is 0 Å². The number of hydrogen-bond donors (Lipinski definition) is 1. The number of rotatable bonds is 3. The topological polar surface area (TPSA) is 72.2 Å². The number of nitro benzene ring substituents is 1. The molecule has 104 valence electrons. The number of amides is 1. The second kappa shape index (κ2) is 5.88. The zero-order valence-corrected chi connectivity index (χ0v) is 11.3. The van der Waals surface area contributed by atoms with Crippen molar-refractivity contribution in [2.45, 2.75) is 6.92 Å². The summed E-state index contributed by atoms with van der Waals surface area (Å²) in [7, 11) is 0. The third kappa shape index (κ3) is 3.25. The Bertz CT molecular complexity index is 760. The molecule has 5 heteroatoms. The Morgan fingerprint density at radius 2 is 2.05 bits per heavy atom. The van der Waals surface area contributed by atoms with E-state index in [1.807, 2.05) is 0 Å². The van der Waals surface area contributed by atoms with Crippen molar-refractivity contribution in [3.05, 3.63) is 69.3 Å². The molecule has 2 rings (SSSR count). The van der Waals surface area contributed by atoms with Crippen molar-refractivity contribution in [1.82, 2.24) is 0 Å². The van der Waals surface area contributed by atoms with Gasteiger partial charge in [-0.3, -0.25) is 14.9 Å². The van der Waals surface area contributed by atoms with Crippen LogP contribution in [0.4, 0.5) is 11.4 Å². The first-order valence-electron chi connectivity index (χ1n) is 6.14. The summed E-state index contributed by atoms with van der Waals surface area (Å²) < 4.78 is 0. The molecule has 0 atom stereocenters. The van der Waals surface area contributed by atoms with Gasteiger partial charge in [0.2, 0.25) is 0 Å². The van der Waals surface area contributed by atoms with Gasteiger partial charge in [-0.15, -0.1) is 6.42 Å². The number of nitrogens with zero attached hydrogens (tertiary/aromatic N) is 1. The van der Waals surface area contributed by atoms with E-state index >= 15 is 0 Å². The first-order chi connectivity index (χ1) is 10.0. The molecule has 0 aliphatic heterocycles. The van der Waals surface area contributed by atoms with E-state index in [-0.39, 0.29) is 11.3 Å². The number of anilines is 1. The fraction of sp³-hybridized carbons (Fsp3) is 0.0625. The number of hydrogen-bond acceptors (Lipinski definition) is 3.